The number of piperazine rings is 1. The predicted molar refractivity (Wildman–Crippen MR) is 109 cm³/mol. The molecule has 0 aliphatic carbocycles. The zero-order valence-corrected chi connectivity index (χ0v) is 17.9. The summed E-state index contributed by atoms with van der Waals surface area (Å²) in [5.41, 5.74) is 1.34. The van der Waals surface area contributed by atoms with Gasteiger partial charge in [-0.1, -0.05) is 49.2 Å². The monoisotopic (exact) mass is 441 g/mol. The summed E-state index contributed by atoms with van der Waals surface area (Å²) in [6.45, 7) is 5.11. The van der Waals surface area contributed by atoms with Gasteiger partial charge in [-0.2, -0.15) is 4.31 Å². The number of carbonyl (C=O) groups excluding carboxylic acids is 1. The van der Waals surface area contributed by atoms with Crippen LogP contribution in [0, 0.1) is 0 Å². The maximum absolute atomic E-state index is 12.9. The first-order valence-electron chi connectivity index (χ1n) is 8.91. The Balaban J connectivity index is 1.69. The lowest BCUT2D eigenvalue weighted by molar-refractivity contribution is 0.0697. The molecule has 3 rings (SSSR count). The van der Waals surface area contributed by atoms with Crippen molar-refractivity contribution in [2.75, 3.05) is 26.2 Å². The van der Waals surface area contributed by atoms with Gasteiger partial charge in [-0.3, -0.25) is 4.79 Å². The molecule has 28 heavy (non-hydrogen) atoms. The van der Waals surface area contributed by atoms with Crippen molar-refractivity contribution in [3.8, 4) is 0 Å². The van der Waals surface area contributed by atoms with Crippen molar-refractivity contribution in [2.24, 2.45) is 0 Å². The Kier molecular flexibility index (Phi) is 6.29. The predicted octanol–water partition coefficient (Wildman–Crippen LogP) is 3.66. The third-order valence-corrected chi connectivity index (χ3v) is 7.17. The number of hydrogen-bond acceptors (Lipinski definition) is 4. The molecular formula is C19H21Cl2N3O3S. The van der Waals surface area contributed by atoms with E-state index in [1.807, 2.05) is 12.1 Å². The number of hydrogen-bond donors (Lipinski definition) is 0. The average Bonchev–Trinajstić information content (AvgIpc) is 2.67. The molecule has 1 fully saturated rings. The maximum atomic E-state index is 12.9. The largest absolute Gasteiger partial charge is 0.336 e. The van der Waals surface area contributed by atoms with Gasteiger partial charge >= 0.3 is 0 Å². The summed E-state index contributed by atoms with van der Waals surface area (Å²) >= 11 is 11.8. The van der Waals surface area contributed by atoms with Crippen LogP contribution in [0.3, 0.4) is 0 Å². The van der Waals surface area contributed by atoms with E-state index in [0.717, 1.165) is 5.56 Å². The van der Waals surface area contributed by atoms with Crippen LogP contribution in [0.15, 0.2) is 41.3 Å². The molecule has 1 aromatic heterocycles. The molecule has 2 aromatic rings. The van der Waals surface area contributed by atoms with Crippen molar-refractivity contribution in [1.82, 2.24) is 14.2 Å². The second-order valence-corrected chi connectivity index (χ2v) is 9.58. The zero-order chi connectivity index (χ0) is 20.5. The van der Waals surface area contributed by atoms with E-state index in [1.54, 1.807) is 17.0 Å². The van der Waals surface area contributed by atoms with Gasteiger partial charge in [0, 0.05) is 26.2 Å². The van der Waals surface area contributed by atoms with E-state index in [4.69, 9.17) is 23.2 Å². The van der Waals surface area contributed by atoms with Crippen molar-refractivity contribution in [3.05, 3.63) is 57.8 Å². The Morgan fingerprint density at radius 3 is 2.14 bits per heavy atom. The fraction of sp³-hybridized carbons (Fsp3) is 0.368. The lowest BCUT2D eigenvalue weighted by atomic mass is 10.0. The van der Waals surface area contributed by atoms with Gasteiger partial charge in [-0.05, 0) is 35.7 Å². The topological polar surface area (TPSA) is 70.6 Å². The molecule has 150 valence electrons. The molecule has 0 radical (unpaired) electrons. The Bertz CT molecular complexity index is 970. The molecule has 1 saturated heterocycles. The molecule has 0 bridgehead atoms. The van der Waals surface area contributed by atoms with Crippen LogP contribution in [0.4, 0.5) is 0 Å². The highest BCUT2D eigenvalue weighted by Gasteiger charge is 2.31. The number of halogens is 2. The van der Waals surface area contributed by atoms with E-state index >= 15 is 0 Å². The fourth-order valence-corrected chi connectivity index (χ4v) is 4.90. The number of rotatable bonds is 4. The minimum atomic E-state index is -3.59. The number of carbonyl (C=O) groups is 1. The third kappa shape index (κ3) is 4.33. The average molecular weight is 442 g/mol. The van der Waals surface area contributed by atoms with Crippen LogP contribution in [0.25, 0.3) is 0 Å². The van der Waals surface area contributed by atoms with Gasteiger partial charge in [0.1, 0.15) is 10.3 Å². The molecule has 0 spiro atoms. The molecular weight excluding hydrogens is 421 g/mol. The van der Waals surface area contributed by atoms with E-state index < -0.39 is 10.0 Å². The first-order valence-corrected chi connectivity index (χ1v) is 11.1. The lowest BCUT2D eigenvalue weighted by Crippen LogP contribution is -2.50. The van der Waals surface area contributed by atoms with E-state index in [1.165, 1.54) is 16.4 Å². The number of aromatic nitrogens is 1. The van der Waals surface area contributed by atoms with Gasteiger partial charge in [-0.25, -0.2) is 13.4 Å². The van der Waals surface area contributed by atoms with Crippen LogP contribution in [0.2, 0.25) is 10.3 Å². The van der Waals surface area contributed by atoms with Crippen LogP contribution in [-0.2, 0) is 10.0 Å². The highest BCUT2D eigenvalue weighted by Crippen LogP contribution is 2.23. The summed E-state index contributed by atoms with van der Waals surface area (Å²) in [7, 11) is -3.59. The highest BCUT2D eigenvalue weighted by molar-refractivity contribution is 7.89. The summed E-state index contributed by atoms with van der Waals surface area (Å²) in [5, 5.41) is 0.249. The second-order valence-electron chi connectivity index (χ2n) is 6.89. The molecule has 2 heterocycles. The van der Waals surface area contributed by atoms with Crippen molar-refractivity contribution < 1.29 is 13.2 Å². The van der Waals surface area contributed by atoms with Gasteiger partial charge < -0.3 is 4.90 Å². The molecule has 9 heteroatoms. The summed E-state index contributed by atoms with van der Waals surface area (Å²) in [6.07, 6.45) is 0. The summed E-state index contributed by atoms with van der Waals surface area (Å²) in [6, 6.07) is 9.99. The molecule has 0 saturated carbocycles. The van der Waals surface area contributed by atoms with Crippen molar-refractivity contribution in [3.63, 3.8) is 0 Å². The molecule has 1 aliphatic heterocycles. The molecule has 1 aromatic carbocycles. The van der Waals surface area contributed by atoms with Gasteiger partial charge in [0.2, 0.25) is 10.0 Å². The van der Waals surface area contributed by atoms with E-state index in [9.17, 15) is 13.2 Å². The van der Waals surface area contributed by atoms with Crippen LogP contribution in [-0.4, -0.2) is 54.7 Å². The first kappa shape index (κ1) is 21.0. The minimum absolute atomic E-state index is 0.0396. The third-order valence-electron chi connectivity index (χ3n) is 4.76. The normalized spacial score (nSPS) is 15.8. The molecule has 0 unspecified atom stereocenters. The first-order chi connectivity index (χ1) is 13.2. The second kappa shape index (κ2) is 8.37. The zero-order valence-electron chi connectivity index (χ0n) is 15.6. The molecule has 0 atom stereocenters. The molecule has 1 amide bonds. The van der Waals surface area contributed by atoms with Gasteiger partial charge in [-0.15, -0.1) is 0 Å². The Morgan fingerprint density at radius 1 is 1.00 bits per heavy atom. The fourth-order valence-electron chi connectivity index (χ4n) is 3.05. The smallest absolute Gasteiger partial charge is 0.257 e. The Labute approximate surface area is 175 Å². The van der Waals surface area contributed by atoms with Crippen molar-refractivity contribution in [2.45, 2.75) is 24.7 Å². The number of benzene rings is 1. The van der Waals surface area contributed by atoms with E-state index in [0.29, 0.717) is 5.92 Å². The summed E-state index contributed by atoms with van der Waals surface area (Å²) in [5.74, 6) is 0.0491. The standard InChI is InChI=1S/C19H21Cl2N3O3S/c1-13(2)14-3-5-15(6-4-14)28(26,27)24-11-9-23(10-12-24)19(25)16-7-8-17(20)22-18(16)21/h3-8,13H,9-12H2,1-2H3. The van der Waals surface area contributed by atoms with Crippen LogP contribution in [0.1, 0.15) is 35.7 Å². The summed E-state index contributed by atoms with van der Waals surface area (Å²) in [4.78, 5) is 18.4. The van der Waals surface area contributed by atoms with E-state index in [2.05, 4.69) is 18.8 Å². The van der Waals surface area contributed by atoms with Gasteiger partial charge in [0.15, 0.2) is 0 Å². The number of nitrogens with zero attached hydrogens (tertiary/aromatic N) is 3. The Morgan fingerprint density at radius 2 is 1.61 bits per heavy atom. The summed E-state index contributed by atoms with van der Waals surface area (Å²) < 4.78 is 27.2. The number of pyridine rings is 1. The molecule has 1 aliphatic rings. The van der Waals surface area contributed by atoms with Crippen LogP contribution < -0.4 is 0 Å². The van der Waals surface area contributed by atoms with E-state index in [-0.39, 0.29) is 52.9 Å². The minimum Gasteiger partial charge on any atom is -0.336 e. The maximum Gasteiger partial charge on any atom is 0.257 e. The molecule has 6 nitrogen and oxygen atoms in total. The SMILES string of the molecule is CC(C)c1ccc(S(=O)(=O)N2CCN(C(=O)c3ccc(Cl)nc3Cl)CC2)cc1. The van der Waals surface area contributed by atoms with Gasteiger partial charge in [0.25, 0.3) is 5.91 Å². The Hall–Kier alpha value is -1.67. The number of sulfonamides is 1. The van der Waals surface area contributed by atoms with Crippen LogP contribution in [0.5, 0.6) is 0 Å². The van der Waals surface area contributed by atoms with Crippen LogP contribution >= 0.6 is 23.2 Å². The van der Waals surface area contributed by atoms with Gasteiger partial charge in [0.05, 0.1) is 10.5 Å². The van der Waals surface area contributed by atoms with Crippen molar-refractivity contribution >= 4 is 39.1 Å². The highest BCUT2D eigenvalue weighted by atomic mass is 35.5. The number of amides is 1. The lowest BCUT2D eigenvalue weighted by Gasteiger charge is -2.34. The quantitative estimate of drug-likeness (QED) is 0.678. The molecule has 0 N–H and O–H groups in total. The van der Waals surface area contributed by atoms with Crippen molar-refractivity contribution in [1.29, 1.82) is 0 Å².